The monoisotopic (exact) mass is 320 g/mol. The molecular weight excluding hydrogens is 288 g/mol. The van der Waals surface area contributed by atoms with Crippen LogP contribution in [0.3, 0.4) is 0 Å². The molecule has 4 nitrogen and oxygen atoms in total. The Morgan fingerprint density at radius 2 is 1.86 bits per heavy atom. The highest BCUT2D eigenvalue weighted by atomic mass is 35.5. The molecule has 0 aromatic carbocycles. The van der Waals surface area contributed by atoms with Crippen molar-refractivity contribution in [2.75, 3.05) is 19.7 Å². The van der Waals surface area contributed by atoms with Crippen molar-refractivity contribution in [3.63, 3.8) is 0 Å². The Morgan fingerprint density at radius 3 is 2.48 bits per heavy atom. The number of amides is 1. The zero-order valence-corrected chi connectivity index (χ0v) is 14.5. The summed E-state index contributed by atoms with van der Waals surface area (Å²) >= 11 is 0. The average Bonchev–Trinajstić information content (AvgIpc) is 2.72. The van der Waals surface area contributed by atoms with Crippen molar-refractivity contribution in [2.45, 2.75) is 77.4 Å². The maximum Gasteiger partial charge on any atom is 0.248 e. The Morgan fingerprint density at radius 1 is 1.19 bits per heavy atom. The average molecular weight is 321 g/mol. The highest BCUT2D eigenvalue weighted by Crippen LogP contribution is 2.16. The Bertz CT molecular complexity index is 257. The molecule has 1 aliphatic rings. The van der Waals surface area contributed by atoms with E-state index in [1.54, 1.807) is 0 Å². The summed E-state index contributed by atoms with van der Waals surface area (Å²) in [5, 5.41) is 6.49. The summed E-state index contributed by atoms with van der Waals surface area (Å²) in [6.07, 6.45) is 9.77. The smallest absolute Gasteiger partial charge is 0.248 e. The molecule has 0 radical (unpaired) electrons. The molecule has 1 unspecified atom stereocenters. The van der Waals surface area contributed by atoms with Gasteiger partial charge < -0.3 is 15.4 Å². The van der Waals surface area contributed by atoms with Crippen molar-refractivity contribution < 1.29 is 9.53 Å². The second-order valence-corrected chi connectivity index (χ2v) is 5.80. The lowest BCUT2D eigenvalue weighted by atomic mass is 10.1. The topological polar surface area (TPSA) is 50.4 Å². The number of halogens is 1. The van der Waals surface area contributed by atoms with E-state index in [4.69, 9.17) is 4.74 Å². The summed E-state index contributed by atoms with van der Waals surface area (Å²) in [5.74, 6) is 0.00349. The molecule has 0 saturated heterocycles. The van der Waals surface area contributed by atoms with Gasteiger partial charge in [0.15, 0.2) is 0 Å². The van der Waals surface area contributed by atoms with Crippen LogP contribution in [0.1, 0.15) is 65.2 Å². The number of ether oxygens (including phenoxy) is 1. The first kappa shape index (κ1) is 20.7. The zero-order valence-electron chi connectivity index (χ0n) is 13.7. The van der Waals surface area contributed by atoms with Gasteiger partial charge in [-0.3, -0.25) is 4.79 Å². The Kier molecular flexibility index (Phi) is 13.1. The minimum absolute atomic E-state index is 0. The second kappa shape index (κ2) is 13.4. The highest BCUT2D eigenvalue weighted by Gasteiger charge is 2.13. The minimum atomic E-state index is -0.334. The molecule has 1 rings (SSSR count). The molecule has 0 aromatic rings. The van der Waals surface area contributed by atoms with Crippen LogP contribution in [0, 0.1) is 0 Å². The van der Waals surface area contributed by atoms with Crippen LogP contribution < -0.4 is 10.6 Å². The van der Waals surface area contributed by atoms with Crippen LogP contribution in [0.15, 0.2) is 0 Å². The Hall–Kier alpha value is -0.320. The molecule has 126 valence electrons. The number of carbonyl (C=O) groups is 1. The van der Waals surface area contributed by atoms with E-state index in [1.807, 2.05) is 6.92 Å². The second-order valence-electron chi connectivity index (χ2n) is 5.80. The predicted octanol–water partition coefficient (Wildman–Crippen LogP) is 3.04. The van der Waals surface area contributed by atoms with Crippen LogP contribution in [0.2, 0.25) is 0 Å². The fraction of sp³-hybridized carbons (Fsp3) is 0.938. The van der Waals surface area contributed by atoms with Gasteiger partial charge in [-0.1, -0.05) is 39.0 Å². The molecular formula is C16H33ClN2O2. The predicted molar refractivity (Wildman–Crippen MR) is 90.1 cm³/mol. The van der Waals surface area contributed by atoms with Gasteiger partial charge in [0.2, 0.25) is 5.91 Å². The van der Waals surface area contributed by atoms with E-state index in [0.29, 0.717) is 19.2 Å². The fourth-order valence-electron chi connectivity index (χ4n) is 2.57. The van der Waals surface area contributed by atoms with Gasteiger partial charge in [0.05, 0.1) is 0 Å². The van der Waals surface area contributed by atoms with E-state index < -0.39 is 0 Å². The number of hydrogen-bond donors (Lipinski definition) is 2. The lowest BCUT2D eigenvalue weighted by Crippen LogP contribution is -2.40. The molecule has 0 aliphatic heterocycles. The van der Waals surface area contributed by atoms with Crippen molar-refractivity contribution in [1.82, 2.24) is 10.6 Å². The van der Waals surface area contributed by atoms with Gasteiger partial charge in [-0.2, -0.15) is 0 Å². The van der Waals surface area contributed by atoms with Crippen molar-refractivity contribution in [1.29, 1.82) is 0 Å². The van der Waals surface area contributed by atoms with Crippen molar-refractivity contribution in [3.8, 4) is 0 Å². The van der Waals surface area contributed by atoms with Crippen LogP contribution in [-0.4, -0.2) is 37.7 Å². The summed E-state index contributed by atoms with van der Waals surface area (Å²) in [5.41, 5.74) is 0. The van der Waals surface area contributed by atoms with E-state index in [1.165, 1.54) is 38.5 Å². The van der Waals surface area contributed by atoms with E-state index in [9.17, 15) is 4.79 Å². The summed E-state index contributed by atoms with van der Waals surface area (Å²) in [7, 11) is 0. The molecule has 0 aromatic heterocycles. The van der Waals surface area contributed by atoms with Gasteiger partial charge in [0.1, 0.15) is 6.10 Å². The Balaban J connectivity index is 0.00000400. The van der Waals surface area contributed by atoms with Gasteiger partial charge >= 0.3 is 0 Å². The lowest BCUT2D eigenvalue weighted by molar-refractivity contribution is -0.131. The van der Waals surface area contributed by atoms with E-state index >= 15 is 0 Å². The quantitative estimate of drug-likeness (QED) is 0.507. The lowest BCUT2D eigenvalue weighted by Gasteiger charge is -2.17. The number of carbonyl (C=O) groups excluding carboxylic acids is 1. The highest BCUT2D eigenvalue weighted by molar-refractivity contribution is 5.85. The molecule has 1 amide bonds. The largest absolute Gasteiger partial charge is 0.369 e. The van der Waals surface area contributed by atoms with Crippen LogP contribution >= 0.6 is 12.4 Å². The summed E-state index contributed by atoms with van der Waals surface area (Å²) in [4.78, 5) is 11.8. The summed E-state index contributed by atoms with van der Waals surface area (Å²) in [6.45, 7) is 6.16. The molecule has 1 saturated carbocycles. The molecule has 5 heteroatoms. The third kappa shape index (κ3) is 10.1. The van der Waals surface area contributed by atoms with Crippen LogP contribution in [0.5, 0.6) is 0 Å². The van der Waals surface area contributed by atoms with E-state index in [0.717, 1.165) is 19.4 Å². The van der Waals surface area contributed by atoms with Gasteiger partial charge in [-0.25, -0.2) is 0 Å². The number of hydrogen-bond acceptors (Lipinski definition) is 3. The normalized spacial score (nSPS) is 17.6. The van der Waals surface area contributed by atoms with Crippen LogP contribution in [-0.2, 0) is 9.53 Å². The first-order valence-electron chi connectivity index (χ1n) is 8.36. The van der Waals surface area contributed by atoms with Crippen molar-refractivity contribution >= 4 is 18.3 Å². The molecule has 2 N–H and O–H groups in total. The van der Waals surface area contributed by atoms with Gasteiger partial charge in [0.25, 0.3) is 0 Å². The molecule has 0 bridgehead atoms. The van der Waals surface area contributed by atoms with Crippen LogP contribution in [0.25, 0.3) is 0 Å². The van der Waals surface area contributed by atoms with E-state index in [2.05, 4.69) is 17.6 Å². The standard InChI is InChI=1S/C16H32N2O2.ClH/c1-3-4-13-20-14(2)16(19)18-12-11-17-15-9-7-5-6-8-10-15;/h14-15,17H,3-13H2,1-2H3,(H,18,19);1H. The first-order valence-corrected chi connectivity index (χ1v) is 8.36. The number of unbranched alkanes of at least 4 members (excludes halogenated alkanes) is 1. The fourth-order valence-corrected chi connectivity index (χ4v) is 2.57. The molecule has 0 spiro atoms. The SMILES string of the molecule is CCCCOC(C)C(=O)NCCNC1CCCCCC1.Cl. The Labute approximate surface area is 136 Å². The zero-order chi connectivity index (χ0) is 14.6. The van der Waals surface area contributed by atoms with Gasteiger partial charge in [0, 0.05) is 25.7 Å². The van der Waals surface area contributed by atoms with Crippen LogP contribution in [0.4, 0.5) is 0 Å². The molecule has 1 fully saturated rings. The first-order chi connectivity index (χ1) is 9.74. The molecule has 1 aliphatic carbocycles. The van der Waals surface area contributed by atoms with Gasteiger partial charge in [-0.15, -0.1) is 12.4 Å². The molecule has 0 heterocycles. The molecule has 21 heavy (non-hydrogen) atoms. The van der Waals surface area contributed by atoms with Gasteiger partial charge in [-0.05, 0) is 26.2 Å². The number of nitrogens with one attached hydrogen (secondary N) is 2. The third-order valence-electron chi connectivity index (χ3n) is 3.95. The summed E-state index contributed by atoms with van der Waals surface area (Å²) in [6, 6.07) is 0.646. The summed E-state index contributed by atoms with van der Waals surface area (Å²) < 4.78 is 5.48. The maximum atomic E-state index is 11.8. The van der Waals surface area contributed by atoms with Crippen molar-refractivity contribution in [2.24, 2.45) is 0 Å². The third-order valence-corrected chi connectivity index (χ3v) is 3.95. The minimum Gasteiger partial charge on any atom is -0.369 e. The maximum absolute atomic E-state index is 11.8. The molecule has 1 atom stereocenters. The number of rotatable bonds is 9. The van der Waals surface area contributed by atoms with Crippen molar-refractivity contribution in [3.05, 3.63) is 0 Å². The van der Waals surface area contributed by atoms with E-state index in [-0.39, 0.29) is 24.4 Å².